The average molecular weight is 367 g/mol. The molecule has 25 heavy (non-hydrogen) atoms. The summed E-state index contributed by atoms with van der Waals surface area (Å²) in [5, 5.41) is 0. The number of ether oxygens (including phenoxy) is 1. The van der Waals surface area contributed by atoms with Crippen LogP contribution in [0.2, 0.25) is 0 Å². The second kappa shape index (κ2) is 9.82. The van der Waals surface area contributed by atoms with Gasteiger partial charge in [-0.15, -0.1) is 11.8 Å². The Bertz CT molecular complexity index is 565. The molecule has 0 bridgehead atoms. The van der Waals surface area contributed by atoms with Gasteiger partial charge < -0.3 is 14.5 Å². The number of hydrogen-bond donors (Lipinski definition) is 0. The summed E-state index contributed by atoms with van der Waals surface area (Å²) in [5.41, 5.74) is 0.637. The van der Waals surface area contributed by atoms with Crippen molar-refractivity contribution < 1.29 is 14.3 Å². The van der Waals surface area contributed by atoms with Crippen LogP contribution in [0.4, 0.5) is 0 Å². The van der Waals surface area contributed by atoms with Crippen LogP contribution in [-0.2, 0) is 14.3 Å². The summed E-state index contributed by atoms with van der Waals surface area (Å²) in [6.45, 7) is 8.68. The molecule has 0 N–H and O–H groups in total. The van der Waals surface area contributed by atoms with Crippen molar-refractivity contribution in [3.8, 4) is 0 Å². The van der Waals surface area contributed by atoms with Crippen LogP contribution >= 0.6 is 11.8 Å². The number of benzene rings is 1. The van der Waals surface area contributed by atoms with E-state index in [4.69, 9.17) is 4.74 Å². The summed E-state index contributed by atoms with van der Waals surface area (Å²) in [6, 6.07) is 8.06. The molecular formula is C19H30N2O3S. The van der Waals surface area contributed by atoms with Gasteiger partial charge in [-0.05, 0) is 53.9 Å². The molecular weight excluding hydrogens is 336 g/mol. The average Bonchev–Trinajstić information content (AvgIpc) is 2.48. The Morgan fingerprint density at radius 2 is 1.68 bits per heavy atom. The molecule has 0 aliphatic carbocycles. The molecule has 0 aromatic heterocycles. The Hall–Kier alpha value is -1.53. The van der Waals surface area contributed by atoms with Gasteiger partial charge in [-0.3, -0.25) is 9.59 Å². The van der Waals surface area contributed by atoms with E-state index < -0.39 is 5.60 Å². The molecule has 0 spiro atoms. The van der Waals surface area contributed by atoms with Crippen molar-refractivity contribution in [3.63, 3.8) is 0 Å². The van der Waals surface area contributed by atoms with Crippen LogP contribution in [0, 0.1) is 6.92 Å². The van der Waals surface area contributed by atoms with E-state index in [1.165, 1.54) is 17.3 Å². The highest BCUT2D eigenvalue weighted by molar-refractivity contribution is 8.00. The predicted octanol–water partition coefficient (Wildman–Crippen LogP) is 2.82. The van der Waals surface area contributed by atoms with E-state index >= 15 is 0 Å². The molecule has 1 rings (SSSR count). The van der Waals surface area contributed by atoms with Gasteiger partial charge >= 0.3 is 5.97 Å². The molecule has 1 amide bonds. The highest BCUT2D eigenvalue weighted by Crippen LogP contribution is 2.19. The zero-order valence-electron chi connectivity index (χ0n) is 16.2. The van der Waals surface area contributed by atoms with Crippen LogP contribution in [0.5, 0.6) is 0 Å². The molecule has 0 saturated carbocycles. The van der Waals surface area contributed by atoms with E-state index in [0.717, 1.165) is 4.90 Å². The number of thioether (sulfide) groups is 1. The third-order valence-corrected chi connectivity index (χ3v) is 4.29. The van der Waals surface area contributed by atoms with Crippen LogP contribution in [0.15, 0.2) is 29.2 Å². The Morgan fingerprint density at radius 3 is 2.20 bits per heavy atom. The summed E-state index contributed by atoms with van der Waals surface area (Å²) >= 11 is 1.48. The molecule has 0 fully saturated rings. The Labute approximate surface area is 155 Å². The third-order valence-electron chi connectivity index (χ3n) is 3.29. The van der Waals surface area contributed by atoms with E-state index in [0.29, 0.717) is 18.8 Å². The molecule has 6 heteroatoms. The number of aryl methyl sites for hydroxylation is 1. The van der Waals surface area contributed by atoms with E-state index in [1.807, 2.05) is 71.0 Å². The topological polar surface area (TPSA) is 49.9 Å². The van der Waals surface area contributed by atoms with Gasteiger partial charge in [0.25, 0.3) is 0 Å². The number of hydrogen-bond acceptors (Lipinski definition) is 5. The van der Waals surface area contributed by atoms with Gasteiger partial charge in [0.15, 0.2) is 0 Å². The first-order valence-electron chi connectivity index (χ1n) is 8.40. The van der Waals surface area contributed by atoms with E-state index in [-0.39, 0.29) is 18.4 Å². The summed E-state index contributed by atoms with van der Waals surface area (Å²) in [5.74, 6) is -0.127. The maximum absolute atomic E-state index is 12.6. The first kappa shape index (κ1) is 21.5. The molecule has 0 radical (unpaired) electrons. The van der Waals surface area contributed by atoms with Crippen molar-refractivity contribution in [1.82, 2.24) is 9.80 Å². The number of amides is 1. The van der Waals surface area contributed by atoms with Crippen molar-refractivity contribution in [3.05, 3.63) is 29.8 Å². The van der Waals surface area contributed by atoms with Crippen LogP contribution in [0.25, 0.3) is 0 Å². The largest absolute Gasteiger partial charge is 0.459 e. The molecule has 1 aromatic carbocycles. The zero-order chi connectivity index (χ0) is 19.0. The molecule has 0 unspecified atom stereocenters. The van der Waals surface area contributed by atoms with Gasteiger partial charge in [-0.2, -0.15) is 0 Å². The van der Waals surface area contributed by atoms with Gasteiger partial charge in [-0.1, -0.05) is 17.7 Å². The maximum atomic E-state index is 12.6. The highest BCUT2D eigenvalue weighted by atomic mass is 32.2. The first-order chi connectivity index (χ1) is 11.6. The van der Waals surface area contributed by atoms with Crippen molar-refractivity contribution in [2.24, 2.45) is 0 Å². The minimum atomic E-state index is -0.552. The molecule has 1 aromatic rings. The van der Waals surface area contributed by atoms with E-state index in [1.54, 1.807) is 4.90 Å². The number of likely N-dealkylation sites (N-methyl/N-ethyl adjacent to an activating group) is 1. The van der Waals surface area contributed by atoms with Gasteiger partial charge in [-0.25, -0.2) is 0 Å². The maximum Gasteiger partial charge on any atom is 0.326 e. The molecule has 5 nitrogen and oxygen atoms in total. The fourth-order valence-corrected chi connectivity index (χ4v) is 2.81. The molecule has 0 aliphatic heterocycles. The number of esters is 1. The first-order valence-corrected chi connectivity index (χ1v) is 9.39. The standard InChI is InChI=1S/C19H30N2O3S/c1-15-7-9-16(10-8-15)25-14-17(22)21(12-11-20(5)6)13-18(23)24-19(2,3)4/h7-10H,11-14H2,1-6H3. The fraction of sp³-hybridized carbons (Fsp3) is 0.579. The summed E-state index contributed by atoms with van der Waals surface area (Å²) in [7, 11) is 3.88. The van der Waals surface area contributed by atoms with Crippen molar-refractivity contribution in [2.45, 2.75) is 38.2 Å². The van der Waals surface area contributed by atoms with Crippen LogP contribution < -0.4 is 0 Å². The lowest BCUT2D eigenvalue weighted by Crippen LogP contribution is -2.42. The monoisotopic (exact) mass is 366 g/mol. The van der Waals surface area contributed by atoms with Gasteiger partial charge in [0.2, 0.25) is 5.91 Å². The quantitative estimate of drug-likeness (QED) is 0.523. The molecule has 0 aliphatic rings. The van der Waals surface area contributed by atoms with Crippen molar-refractivity contribution >= 4 is 23.6 Å². The summed E-state index contributed by atoms with van der Waals surface area (Å²) < 4.78 is 5.35. The number of carbonyl (C=O) groups is 2. The van der Waals surface area contributed by atoms with E-state index in [9.17, 15) is 9.59 Å². The zero-order valence-corrected chi connectivity index (χ0v) is 17.0. The van der Waals surface area contributed by atoms with Crippen LogP contribution in [0.1, 0.15) is 26.3 Å². The Morgan fingerprint density at radius 1 is 1.08 bits per heavy atom. The second-order valence-electron chi connectivity index (χ2n) is 7.31. The Kier molecular flexibility index (Phi) is 8.45. The lowest BCUT2D eigenvalue weighted by atomic mass is 10.2. The van der Waals surface area contributed by atoms with Gasteiger partial charge in [0, 0.05) is 18.0 Å². The summed E-state index contributed by atoms with van der Waals surface area (Å²) in [6.07, 6.45) is 0. The van der Waals surface area contributed by atoms with Crippen LogP contribution in [0.3, 0.4) is 0 Å². The second-order valence-corrected chi connectivity index (χ2v) is 8.36. The summed E-state index contributed by atoms with van der Waals surface area (Å²) in [4.78, 5) is 29.3. The number of nitrogens with zero attached hydrogens (tertiary/aromatic N) is 2. The third kappa shape index (κ3) is 9.51. The van der Waals surface area contributed by atoms with Crippen molar-refractivity contribution in [1.29, 1.82) is 0 Å². The molecule has 0 heterocycles. The minimum absolute atomic E-state index is 0.0155. The minimum Gasteiger partial charge on any atom is -0.459 e. The molecule has 140 valence electrons. The molecule has 0 saturated heterocycles. The van der Waals surface area contributed by atoms with E-state index in [2.05, 4.69) is 0 Å². The van der Waals surface area contributed by atoms with Gasteiger partial charge in [0.1, 0.15) is 12.1 Å². The molecule has 0 atom stereocenters. The van der Waals surface area contributed by atoms with Gasteiger partial charge in [0.05, 0.1) is 5.75 Å². The Balaban J connectivity index is 2.64. The lowest BCUT2D eigenvalue weighted by molar-refractivity contribution is -0.158. The SMILES string of the molecule is Cc1ccc(SCC(=O)N(CCN(C)C)CC(=O)OC(C)(C)C)cc1. The van der Waals surface area contributed by atoms with Crippen molar-refractivity contribution in [2.75, 3.05) is 39.5 Å². The predicted molar refractivity (Wildman–Crippen MR) is 103 cm³/mol. The lowest BCUT2D eigenvalue weighted by Gasteiger charge is -2.26. The number of carbonyl (C=O) groups excluding carboxylic acids is 2. The highest BCUT2D eigenvalue weighted by Gasteiger charge is 2.22. The smallest absolute Gasteiger partial charge is 0.326 e. The number of rotatable bonds is 8. The fourth-order valence-electron chi connectivity index (χ4n) is 2.01. The van der Waals surface area contributed by atoms with Crippen LogP contribution in [-0.4, -0.2) is 66.8 Å². The normalized spacial score (nSPS) is 11.5.